The zero-order valence-electron chi connectivity index (χ0n) is 1.83. The van der Waals surface area contributed by atoms with Gasteiger partial charge in [-0.15, -0.1) is 0 Å². The van der Waals surface area contributed by atoms with Crippen LogP contribution in [-0.2, 0) is 0 Å². The van der Waals surface area contributed by atoms with Crippen molar-refractivity contribution in [3.05, 3.63) is 0 Å². The summed E-state index contributed by atoms with van der Waals surface area (Å²) < 4.78 is 0. The van der Waals surface area contributed by atoms with Gasteiger partial charge in [0, 0.05) is 0 Å². The summed E-state index contributed by atoms with van der Waals surface area (Å²) in [5.74, 6) is 0. The normalized spacial score (nSPS) is 0. The van der Waals surface area contributed by atoms with Gasteiger partial charge >= 0.3 is 77.3 Å². The molecule has 0 aromatic carbocycles. The largest absolute Gasteiger partial charge is 3.00 e. The van der Waals surface area contributed by atoms with E-state index in [4.69, 9.17) is 0 Å². The van der Waals surface area contributed by atoms with E-state index < -0.39 is 0 Å². The van der Waals surface area contributed by atoms with E-state index in [-0.39, 0.29) is 102 Å². The first-order chi connectivity index (χ1) is 0. The summed E-state index contributed by atoms with van der Waals surface area (Å²) in [5, 5.41) is 0. The fraction of sp³-hybridized carbons (Fsp3) is 0. The third-order valence-corrected chi connectivity index (χ3v) is 0. The van der Waals surface area contributed by atoms with Gasteiger partial charge in [0.1, 0.15) is 0 Å². The smallest absolute Gasteiger partial charge is 1.00 e. The second kappa shape index (κ2) is 16.4. The quantitative estimate of drug-likeness (QED) is 0.408. The van der Waals surface area contributed by atoms with Gasteiger partial charge in [0.15, 0.2) is 0 Å². The van der Waals surface area contributed by atoms with E-state index in [1.165, 1.54) is 0 Å². The zero-order chi connectivity index (χ0) is 0. The summed E-state index contributed by atoms with van der Waals surface area (Å²) in [6.07, 6.45) is 0. The van der Waals surface area contributed by atoms with Gasteiger partial charge in [-0.3, -0.25) is 0 Å². The second-order valence-corrected chi connectivity index (χ2v) is 0. The molecule has 0 atom stereocenters. The predicted octanol–water partition coefficient (Wildman–Crippen LogP) is -5.99. The molecule has 17 valence electrons. The van der Waals surface area contributed by atoms with E-state index in [1.807, 2.05) is 0 Å². The first-order valence-electron chi connectivity index (χ1n) is 0. The molecule has 0 rings (SSSR count). The van der Waals surface area contributed by atoms with Crippen LogP contribution < -0.4 is 24.8 Å². The van der Waals surface area contributed by atoms with Gasteiger partial charge in [0.25, 0.3) is 0 Å². The Morgan fingerprint density at radius 1 is 0.750 bits per heavy atom. The Morgan fingerprint density at radius 3 is 0.750 bits per heavy atom. The van der Waals surface area contributed by atoms with Crippen molar-refractivity contribution in [2.24, 2.45) is 0 Å². The molecule has 0 amide bonds. The van der Waals surface area contributed by atoms with Crippen molar-refractivity contribution < 1.29 is 102 Å². The maximum absolute atomic E-state index is 0. The Kier molecular flexibility index (Phi) is 112. The second-order valence-electron chi connectivity index (χ2n) is 0. The van der Waals surface area contributed by atoms with Crippen LogP contribution in [0, 0.1) is 77.3 Å². The van der Waals surface area contributed by atoms with Crippen LogP contribution in [0.1, 0.15) is 0 Å². The molecule has 0 aliphatic heterocycles. The van der Waals surface area contributed by atoms with E-state index in [0.29, 0.717) is 0 Å². The standard InChI is InChI=1S/Ce.2ClH.La/h;2*1H;/q+3;;;+3/p-2. The SMILES string of the molecule is [Ce+3].[Cl-].[Cl-].[La+3]. The van der Waals surface area contributed by atoms with Gasteiger partial charge in [-0.2, -0.15) is 0 Å². The molecule has 0 aliphatic rings. The third-order valence-electron chi connectivity index (χ3n) is 0. The Bertz CT molecular complexity index is 6.00. The van der Waals surface area contributed by atoms with Crippen LogP contribution in [0.25, 0.3) is 0 Å². The Labute approximate surface area is 99.7 Å². The van der Waals surface area contributed by atoms with Crippen molar-refractivity contribution in [3.63, 3.8) is 0 Å². The van der Waals surface area contributed by atoms with Crippen LogP contribution >= 0.6 is 0 Å². The van der Waals surface area contributed by atoms with E-state index in [1.54, 1.807) is 0 Å². The van der Waals surface area contributed by atoms with Gasteiger partial charge in [-0.05, 0) is 0 Å². The topological polar surface area (TPSA) is 0 Å². The van der Waals surface area contributed by atoms with Crippen LogP contribution in [0.3, 0.4) is 0 Å². The van der Waals surface area contributed by atoms with E-state index in [2.05, 4.69) is 0 Å². The molecule has 4 heteroatoms. The average molecular weight is 350 g/mol. The molecule has 0 aromatic rings. The maximum atomic E-state index is 0. The minimum absolute atomic E-state index is 0. The minimum atomic E-state index is 0. The molecule has 0 unspecified atom stereocenters. The molecule has 0 aromatic heterocycles. The van der Waals surface area contributed by atoms with Crippen LogP contribution in [0.4, 0.5) is 0 Å². The van der Waals surface area contributed by atoms with Gasteiger partial charge in [-0.1, -0.05) is 0 Å². The summed E-state index contributed by atoms with van der Waals surface area (Å²) in [6.45, 7) is 0. The third kappa shape index (κ3) is 8.94. The number of hydrogen-bond donors (Lipinski definition) is 0. The molecule has 0 nitrogen and oxygen atoms in total. The zero-order valence-corrected chi connectivity index (χ0v) is 10.1. The van der Waals surface area contributed by atoms with Gasteiger partial charge in [0.2, 0.25) is 0 Å². The van der Waals surface area contributed by atoms with Crippen LogP contribution in [0.5, 0.6) is 0 Å². The molecule has 0 N–H and O–H groups in total. The van der Waals surface area contributed by atoms with Crippen molar-refractivity contribution >= 4 is 0 Å². The molecule has 0 saturated heterocycles. The van der Waals surface area contributed by atoms with E-state index >= 15 is 0 Å². The summed E-state index contributed by atoms with van der Waals surface area (Å²) in [5.41, 5.74) is 0. The molecule has 0 fully saturated rings. The fourth-order valence-corrected chi connectivity index (χ4v) is 0. The maximum Gasteiger partial charge on any atom is 3.00 e. The molecule has 0 saturated carbocycles. The number of rotatable bonds is 0. The van der Waals surface area contributed by atoms with Crippen molar-refractivity contribution in [2.45, 2.75) is 0 Å². The Hall–Kier alpha value is 3.15. The van der Waals surface area contributed by atoms with E-state index in [9.17, 15) is 0 Å². The molecule has 0 heterocycles. The number of halogens is 2. The van der Waals surface area contributed by atoms with Crippen LogP contribution in [0.2, 0.25) is 0 Å². The van der Waals surface area contributed by atoms with Crippen molar-refractivity contribution in [1.82, 2.24) is 0 Å². The monoisotopic (exact) mass is 349 g/mol. The summed E-state index contributed by atoms with van der Waals surface area (Å²) in [7, 11) is 0. The molecule has 0 aliphatic carbocycles. The van der Waals surface area contributed by atoms with Crippen LogP contribution in [0.15, 0.2) is 0 Å². The van der Waals surface area contributed by atoms with Gasteiger partial charge < -0.3 is 24.8 Å². The summed E-state index contributed by atoms with van der Waals surface area (Å²) in [6, 6.07) is 0. The minimum Gasteiger partial charge on any atom is -1.00 e. The predicted molar refractivity (Wildman–Crippen MR) is 0 cm³/mol. The molecular formula is CeCl2La+4. The summed E-state index contributed by atoms with van der Waals surface area (Å²) >= 11 is 0. The molecule has 4 heavy (non-hydrogen) atoms. The van der Waals surface area contributed by atoms with Crippen molar-refractivity contribution in [2.75, 3.05) is 0 Å². The number of hydrogen-bond acceptors (Lipinski definition) is 0. The molecular weight excluding hydrogens is 350 g/mol. The van der Waals surface area contributed by atoms with Gasteiger partial charge in [0.05, 0.1) is 0 Å². The fourth-order valence-electron chi connectivity index (χ4n) is 0. The molecule has 1 radical (unpaired) electrons. The first kappa shape index (κ1) is 27.2. The summed E-state index contributed by atoms with van der Waals surface area (Å²) in [4.78, 5) is 0. The van der Waals surface area contributed by atoms with Crippen molar-refractivity contribution in [3.8, 4) is 0 Å². The average Bonchev–Trinajstić information content (AvgIpc) is 0. The Balaban J connectivity index is 0. The van der Waals surface area contributed by atoms with Gasteiger partial charge in [-0.25, -0.2) is 0 Å². The van der Waals surface area contributed by atoms with Crippen molar-refractivity contribution in [1.29, 1.82) is 0 Å². The Morgan fingerprint density at radius 2 is 0.750 bits per heavy atom. The first-order valence-corrected chi connectivity index (χ1v) is 0. The van der Waals surface area contributed by atoms with E-state index in [0.717, 1.165) is 0 Å². The van der Waals surface area contributed by atoms with Crippen LogP contribution in [-0.4, -0.2) is 0 Å². The molecule has 0 bridgehead atoms. The molecule has 0 spiro atoms.